The molecule has 0 aliphatic carbocycles. The Balaban J connectivity index is 1.76. The number of hydrogen-bond acceptors (Lipinski definition) is 4. The highest BCUT2D eigenvalue weighted by Crippen LogP contribution is 2.14. The number of amides is 1. The first-order chi connectivity index (χ1) is 10.6. The number of carbonyl (C=O) groups is 1. The lowest BCUT2D eigenvalue weighted by atomic mass is 10.3. The summed E-state index contributed by atoms with van der Waals surface area (Å²) >= 11 is 5.87. The van der Waals surface area contributed by atoms with E-state index in [4.69, 9.17) is 16.0 Å². The molecule has 3 aromatic rings. The highest BCUT2D eigenvalue weighted by molar-refractivity contribution is 6.30. The van der Waals surface area contributed by atoms with Crippen molar-refractivity contribution in [2.45, 2.75) is 13.5 Å². The largest absolute Gasteiger partial charge is 0.467 e. The maximum Gasteiger partial charge on any atom is 0.291 e. The summed E-state index contributed by atoms with van der Waals surface area (Å²) in [5.41, 5.74) is 0.791. The molecular formula is C15H13ClN4O2. The Morgan fingerprint density at radius 2 is 2.09 bits per heavy atom. The van der Waals surface area contributed by atoms with Crippen molar-refractivity contribution in [1.82, 2.24) is 20.1 Å². The van der Waals surface area contributed by atoms with Crippen molar-refractivity contribution in [2.75, 3.05) is 0 Å². The lowest BCUT2D eigenvalue weighted by Gasteiger charge is -2.02. The average molecular weight is 317 g/mol. The summed E-state index contributed by atoms with van der Waals surface area (Å²) < 4.78 is 6.75. The van der Waals surface area contributed by atoms with E-state index in [1.807, 2.05) is 12.1 Å². The molecular weight excluding hydrogens is 304 g/mol. The second kappa shape index (κ2) is 6.03. The van der Waals surface area contributed by atoms with E-state index in [9.17, 15) is 4.79 Å². The minimum absolute atomic E-state index is 0.110. The predicted octanol–water partition coefficient (Wildman–Crippen LogP) is 2.75. The van der Waals surface area contributed by atoms with Crippen LogP contribution in [0.4, 0.5) is 0 Å². The normalized spacial score (nSPS) is 10.6. The average Bonchev–Trinajstić information content (AvgIpc) is 3.15. The van der Waals surface area contributed by atoms with E-state index < -0.39 is 0 Å². The molecule has 1 aromatic carbocycles. The van der Waals surface area contributed by atoms with E-state index in [-0.39, 0.29) is 11.7 Å². The van der Waals surface area contributed by atoms with Gasteiger partial charge < -0.3 is 9.73 Å². The molecule has 3 rings (SSSR count). The number of aromatic nitrogens is 3. The first-order valence-corrected chi connectivity index (χ1v) is 7.01. The zero-order valence-corrected chi connectivity index (χ0v) is 12.5. The van der Waals surface area contributed by atoms with Gasteiger partial charge in [0.15, 0.2) is 0 Å². The number of furan rings is 1. The van der Waals surface area contributed by atoms with Crippen LogP contribution in [-0.4, -0.2) is 20.7 Å². The van der Waals surface area contributed by atoms with Crippen LogP contribution in [0.1, 0.15) is 22.2 Å². The zero-order valence-electron chi connectivity index (χ0n) is 11.8. The molecule has 0 aliphatic rings. The molecule has 0 unspecified atom stereocenters. The fourth-order valence-corrected chi connectivity index (χ4v) is 2.10. The van der Waals surface area contributed by atoms with Gasteiger partial charge in [-0.2, -0.15) is 0 Å². The third-order valence-corrected chi connectivity index (χ3v) is 3.30. The van der Waals surface area contributed by atoms with E-state index in [1.54, 1.807) is 42.1 Å². The van der Waals surface area contributed by atoms with E-state index in [0.717, 1.165) is 5.69 Å². The molecule has 22 heavy (non-hydrogen) atoms. The molecule has 1 N–H and O–H groups in total. The Bertz CT molecular complexity index is 778. The van der Waals surface area contributed by atoms with Gasteiger partial charge in [-0.15, -0.1) is 5.10 Å². The summed E-state index contributed by atoms with van der Waals surface area (Å²) in [5.74, 6) is 1.04. The second-order valence-corrected chi connectivity index (χ2v) is 5.07. The van der Waals surface area contributed by atoms with E-state index >= 15 is 0 Å². The Morgan fingerprint density at radius 1 is 1.32 bits per heavy atom. The first kappa shape index (κ1) is 14.3. The summed E-state index contributed by atoms with van der Waals surface area (Å²) in [6.45, 7) is 2.07. The fraction of sp³-hybridized carbons (Fsp3) is 0.133. The molecule has 2 aromatic heterocycles. The molecule has 0 radical (unpaired) electrons. The standard InChI is InChI=1S/C15H13ClN4O2/c1-10-18-14(15(21)17-9-13-3-2-8-22-13)19-20(10)12-6-4-11(16)5-7-12/h2-8H,9H2,1H3,(H,17,21). The maximum atomic E-state index is 12.1. The topological polar surface area (TPSA) is 73.0 Å². The fourth-order valence-electron chi connectivity index (χ4n) is 1.97. The first-order valence-electron chi connectivity index (χ1n) is 6.63. The van der Waals surface area contributed by atoms with Gasteiger partial charge in [-0.3, -0.25) is 4.79 Å². The highest BCUT2D eigenvalue weighted by atomic mass is 35.5. The van der Waals surface area contributed by atoms with Crippen LogP contribution in [0.15, 0.2) is 47.1 Å². The van der Waals surface area contributed by atoms with Crippen LogP contribution in [0.2, 0.25) is 5.02 Å². The molecule has 0 fully saturated rings. The number of rotatable bonds is 4. The number of nitrogens with zero attached hydrogens (tertiary/aromatic N) is 3. The van der Waals surface area contributed by atoms with Crippen molar-refractivity contribution in [2.24, 2.45) is 0 Å². The van der Waals surface area contributed by atoms with Crippen molar-refractivity contribution in [3.05, 3.63) is 65.1 Å². The van der Waals surface area contributed by atoms with Gasteiger partial charge in [-0.05, 0) is 43.3 Å². The number of aryl methyl sites for hydroxylation is 1. The Morgan fingerprint density at radius 3 is 2.77 bits per heavy atom. The van der Waals surface area contributed by atoms with Crippen molar-refractivity contribution in [3.8, 4) is 5.69 Å². The van der Waals surface area contributed by atoms with Gasteiger partial charge >= 0.3 is 0 Å². The van der Waals surface area contributed by atoms with Crippen LogP contribution in [0.5, 0.6) is 0 Å². The van der Waals surface area contributed by atoms with Gasteiger partial charge in [0.25, 0.3) is 5.91 Å². The van der Waals surface area contributed by atoms with Crippen LogP contribution in [0, 0.1) is 6.92 Å². The van der Waals surface area contributed by atoms with E-state index in [0.29, 0.717) is 23.2 Å². The smallest absolute Gasteiger partial charge is 0.291 e. The molecule has 1 amide bonds. The molecule has 0 saturated carbocycles. The highest BCUT2D eigenvalue weighted by Gasteiger charge is 2.15. The molecule has 2 heterocycles. The van der Waals surface area contributed by atoms with Gasteiger partial charge in [0.1, 0.15) is 11.6 Å². The number of nitrogens with one attached hydrogen (secondary N) is 1. The predicted molar refractivity (Wildman–Crippen MR) is 81.0 cm³/mol. The molecule has 0 aliphatic heterocycles. The minimum Gasteiger partial charge on any atom is -0.467 e. The summed E-state index contributed by atoms with van der Waals surface area (Å²) in [6.07, 6.45) is 1.55. The van der Waals surface area contributed by atoms with Gasteiger partial charge in [0.2, 0.25) is 5.82 Å². The van der Waals surface area contributed by atoms with Gasteiger partial charge in [0, 0.05) is 5.02 Å². The van der Waals surface area contributed by atoms with Crippen molar-refractivity contribution < 1.29 is 9.21 Å². The Hall–Kier alpha value is -2.60. The summed E-state index contributed by atoms with van der Waals surface area (Å²) in [7, 11) is 0. The second-order valence-electron chi connectivity index (χ2n) is 4.63. The number of carbonyl (C=O) groups excluding carboxylic acids is 1. The van der Waals surface area contributed by atoms with Crippen LogP contribution in [0.25, 0.3) is 5.69 Å². The van der Waals surface area contributed by atoms with Crippen LogP contribution >= 0.6 is 11.6 Å². The van der Waals surface area contributed by atoms with Crippen molar-refractivity contribution in [3.63, 3.8) is 0 Å². The molecule has 0 atom stereocenters. The van der Waals surface area contributed by atoms with E-state index in [2.05, 4.69) is 15.4 Å². The molecule has 0 saturated heterocycles. The summed E-state index contributed by atoms with van der Waals surface area (Å²) in [6, 6.07) is 10.7. The number of benzene rings is 1. The van der Waals surface area contributed by atoms with Gasteiger partial charge in [-0.1, -0.05) is 11.6 Å². The Kier molecular flexibility index (Phi) is 3.93. The molecule has 0 bridgehead atoms. The third-order valence-electron chi connectivity index (χ3n) is 3.05. The summed E-state index contributed by atoms with van der Waals surface area (Å²) in [5, 5.41) is 7.58. The van der Waals surface area contributed by atoms with Crippen LogP contribution < -0.4 is 5.32 Å². The third kappa shape index (κ3) is 3.01. The summed E-state index contributed by atoms with van der Waals surface area (Å²) in [4.78, 5) is 16.3. The van der Waals surface area contributed by atoms with Crippen molar-refractivity contribution >= 4 is 17.5 Å². The van der Waals surface area contributed by atoms with Crippen LogP contribution in [0.3, 0.4) is 0 Å². The molecule has 112 valence electrons. The lowest BCUT2D eigenvalue weighted by Crippen LogP contribution is -2.24. The lowest BCUT2D eigenvalue weighted by molar-refractivity contribution is 0.0937. The molecule has 0 spiro atoms. The quantitative estimate of drug-likeness (QED) is 0.803. The van der Waals surface area contributed by atoms with Crippen molar-refractivity contribution in [1.29, 1.82) is 0 Å². The zero-order chi connectivity index (χ0) is 15.5. The van der Waals surface area contributed by atoms with Crippen LogP contribution in [-0.2, 0) is 6.54 Å². The number of hydrogen-bond donors (Lipinski definition) is 1. The molecule has 7 heteroatoms. The monoisotopic (exact) mass is 316 g/mol. The minimum atomic E-state index is -0.354. The number of halogens is 1. The maximum absolute atomic E-state index is 12.1. The Labute approximate surface area is 131 Å². The SMILES string of the molecule is Cc1nc(C(=O)NCc2ccco2)nn1-c1ccc(Cl)cc1. The van der Waals surface area contributed by atoms with E-state index in [1.165, 1.54) is 0 Å². The van der Waals surface area contributed by atoms with Gasteiger partial charge in [-0.25, -0.2) is 9.67 Å². The molecule has 6 nitrogen and oxygen atoms in total. The van der Waals surface area contributed by atoms with Gasteiger partial charge in [0.05, 0.1) is 18.5 Å².